The second kappa shape index (κ2) is 8.34. The van der Waals surface area contributed by atoms with Crippen molar-refractivity contribution in [3.8, 4) is 0 Å². The van der Waals surface area contributed by atoms with Gasteiger partial charge in [0, 0.05) is 24.3 Å². The quantitative estimate of drug-likeness (QED) is 0.694. The van der Waals surface area contributed by atoms with Gasteiger partial charge in [-0.3, -0.25) is 9.78 Å². The summed E-state index contributed by atoms with van der Waals surface area (Å²) >= 11 is 0. The third-order valence-electron chi connectivity index (χ3n) is 7.82. The van der Waals surface area contributed by atoms with Crippen molar-refractivity contribution in [2.75, 3.05) is 6.54 Å². The Morgan fingerprint density at radius 3 is 2.32 bits per heavy atom. The highest BCUT2D eigenvalue weighted by Gasteiger charge is 2.54. The molecule has 5 heteroatoms. The molecule has 1 aromatic carbocycles. The highest BCUT2D eigenvalue weighted by Crippen LogP contribution is 2.58. The molecule has 4 saturated carbocycles. The van der Waals surface area contributed by atoms with Crippen LogP contribution in [-0.4, -0.2) is 27.9 Å². The minimum absolute atomic E-state index is 0.00850. The van der Waals surface area contributed by atoms with E-state index in [1.165, 1.54) is 31.4 Å². The van der Waals surface area contributed by atoms with Crippen LogP contribution < -0.4 is 5.32 Å². The molecule has 2 aromatic rings. The number of hydrogen-bond acceptors (Lipinski definition) is 3. The number of benzene rings is 1. The van der Waals surface area contributed by atoms with Gasteiger partial charge in [0.2, 0.25) is 5.91 Å². The smallest absolute Gasteiger partial charge is 0.237 e. The van der Waals surface area contributed by atoms with Crippen molar-refractivity contribution in [1.29, 1.82) is 0 Å². The van der Waals surface area contributed by atoms with Crippen LogP contribution in [-0.2, 0) is 11.3 Å². The van der Waals surface area contributed by atoms with E-state index in [4.69, 9.17) is 0 Å². The maximum atomic E-state index is 13.6. The number of carbonyl (C=O) groups excluding carboxylic acids is 1. The molecule has 4 nitrogen and oxygen atoms in total. The Balaban J connectivity index is 1.36. The zero-order valence-corrected chi connectivity index (χ0v) is 18.3. The fourth-order valence-corrected chi connectivity index (χ4v) is 6.76. The van der Waals surface area contributed by atoms with E-state index < -0.39 is 0 Å². The molecule has 1 unspecified atom stereocenters. The SMILES string of the molecule is CC(NCC(=O)N(Cc1ccc(F)cc1)C12CC3CC(CC(C3)C1)C2)c1ccccn1. The first-order valence-electron chi connectivity index (χ1n) is 11.7. The largest absolute Gasteiger partial charge is 0.332 e. The molecule has 0 aliphatic heterocycles. The van der Waals surface area contributed by atoms with Crippen LogP contribution in [0.15, 0.2) is 48.7 Å². The summed E-state index contributed by atoms with van der Waals surface area (Å²) in [7, 11) is 0. The number of nitrogens with one attached hydrogen (secondary N) is 1. The maximum Gasteiger partial charge on any atom is 0.237 e. The van der Waals surface area contributed by atoms with Crippen LogP contribution in [0.1, 0.15) is 62.7 Å². The van der Waals surface area contributed by atoms with Gasteiger partial charge in [-0.05, 0) is 93.0 Å². The zero-order chi connectivity index (χ0) is 21.4. The molecule has 0 radical (unpaired) electrons. The molecule has 4 aliphatic carbocycles. The number of nitrogens with zero attached hydrogens (tertiary/aromatic N) is 2. The number of halogens is 1. The van der Waals surface area contributed by atoms with Crippen molar-refractivity contribution in [1.82, 2.24) is 15.2 Å². The molecule has 1 aromatic heterocycles. The first-order chi connectivity index (χ1) is 15.0. The molecular weight excluding hydrogens is 389 g/mol. The predicted octanol–water partition coefficient (Wildman–Crippen LogP) is 4.87. The van der Waals surface area contributed by atoms with Crippen molar-refractivity contribution in [2.24, 2.45) is 17.8 Å². The number of rotatable bonds is 7. The summed E-state index contributed by atoms with van der Waals surface area (Å²) in [5.74, 6) is 2.19. The molecule has 31 heavy (non-hydrogen) atoms. The summed E-state index contributed by atoms with van der Waals surface area (Å²) in [5.41, 5.74) is 1.91. The monoisotopic (exact) mass is 421 g/mol. The minimum Gasteiger partial charge on any atom is -0.332 e. The average molecular weight is 422 g/mol. The molecule has 1 heterocycles. The van der Waals surface area contributed by atoms with E-state index in [-0.39, 0.29) is 23.3 Å². The van der Waals surface area contributed by atoms with Gasteiger partial charge in [0.05, 0.1) is 12.2 Å². The summed E-state index contributed by atoms with van der Waals surface area (Å²) in [4.78, 5) is 20.2. The first kappa shape index (κ1) is 20.6. The molecule has 1 amide bonds. The van der Waals surface area contributed by atoms with Crippen LogP contribution in [0.4, 0.5) is 4.39 Å². The molecule has 0 saturated heterocycles. The van der Waals surface area contributed by atoms with Gasteiger partial charge in [-0.25, -0.2) is 4.39 Å². The van der Waals surface area contributed by atoms with E-state index in [0.717, 1.165) is 48.3 Å². The van der Waals surface area contributed by atoms with E-state index in [2.05, 4.69) is 15.2 Å². The number of amides is 1. The van der Waals surface area contributed by atoms with E-state index in [1.54, 1.807) is 6.20 Å². The van der Waals surface area contributed by atoms with Crippen LogP contribution in [0.5, 0.6) is 0 Å². The molecular formula is C26H32FN3O. The van der Waals surface area contributed by atoms with Gasteiger partial charge in [-0.1, -0.05) is 18.2 Å². The molecule has 4 fully saturated rings. The summed E-state index contributed by atoms with van der Waals surface area (Å²) < 4.78 is 13.5. The lowest BCUT2D eigenvalue weighted by Crippen LogP contribution is -2.62. The van der Waals surface area contributed by atoms with Crippen LogP contribution in [0.25, 0.3) is 0 Å². The van der Waals surface area contributed by atoms with Gasteiger partial charge < -0.3 is 10.2 Å². The summed E-state index contributed by atoms with van der Waals surface area (Å²) in [5, 5.41) is 3.39. The fraction of sp³-hybridized carbons (Fsp3) is 0.538. The summed E-state index contributed by atoms with van der Waals surface area (Å²) in [6.45, 7) is 2.90. The Morgan fingerprint density at radius 2 is 1.74 bits per heavy atom. The van der Waals surface area contributed by atoms with Crippen molar-refractivity contribution in [3.63, 3.8) is 0 Å². The predicted molar refractivity (Wildman–Crippen MR) is 119 cm³/mol. The molecule has 1 N–H and O–H groups in total. The number of carbonyl (C=O) groups is 1. The van der Waals surface area contributed by atoms with Gasteiger partial charge in [0.1, 0.15) is 5.82 Å². The topological polar surface area (TPSA) is 45.2 Å². The molecule has 4 bridgehead atoms. The van der Waals surface area contributed by atoms with Crippen molar-refractivity contribution in [2.45, 2.75) is 63.6 Å². The Labute approximate surface area is 184 Å². The third kappa shape index (κ3) is 4.25. The van der Waals surface area contributed by atoms with Crippen molar-refractivity contribution >= 4 is 5.91 Å². The van der Waals surface area contributed by atoms with Crippen LogP contribution in [0.3, 0.4) is 0 Å². The van der Waals surface area contributed by atoms with Crippen molar-refractivity contribution < 1.29 is 9.18 Å². The van der Waals surface area contributed by atoms with Gasteiger partial charge in [-0.15, -0.1) is 0 Å². The molecule has 1 atom stereocenters. The first-order valence-corrected chi connectivity index (χ1v) is 11.7. The Hall–Kier alpha value is -2.27. The Bertz CT molecular complexity index is 879. The third-order valence-corrected chi connectivity index (χ3v) is 7.82. The Kier molecular flexibility index (Phi) is 5.55. The Morgan fingerprint density at radius 1 is 1.10 bits per heavy atom. The normalized spacial score (nSPS) is 29.7. The lowest BCUT2D eigenvalue weighted by atomic mass is 9.52. The van der Waals surface area contributed by atoms with E-state index in [0.29, 0.717) is 13.1 Å². The summed E-state index contributed by atoms with van der Waals surface area (Å²) in [6.07, 6.45) is 9.18. The highest BCUT2D eigenvalue weighted by molar-refractivity contribution is 5.79. The number of aromatic nitrogens is 1. The van der Waals surface area contributed by atoms with Crippen molar-refractivity contribution in [3.05, 3.63) is 65.7 Å². The van der Waals surface area contributed by atoms with Gasteiger partial charge in [0.25, 0.3) is 0 Å². The molecule has 164 valence electrons. The number of pyridine rings is 1. The minimum atomic E-state index is -0.234. The molecule has 4 aliphatic rings. The fourth-order valence-electron chi connectivity index (χ4n) is 6.76. The molecule has 6 rings (SSSR count). The van der Waals surface area contributed by atoms with E-state index in [9.17, 15) is 9.18 Å². The number of hydrogen-bond donors (Lipinski definition) is 1. The van der Waals surface area contributed by atoms with E-state index in [1.807, 2.05) is 37.3 Å². The van der Waals surface area contributed by atoms with Gasteiger partial charge in [0.15, 0.2) is 0 Å². The van der Waals surface area contributed by atoms with Gasteiger partial charge >= 0.3 is 0 Å². The second-order valence-electron chi connectivity index (χ2n) is 10.1. The maximum absolute atomic E-state index is 13.6. The lowest BCUT2D eigenvalue weighted by Gasteiger charge is -2.60. The van der Waals surface area contributed by atoms with Crippen LogP contribution in [0, 0.1) is 23.6 Å². The average Bonchev–Trinajstić information content (AvgIpc) is 2.76. The van der Waals surface area contributed by atoms with Crippen LogP contribution >= 0.6 is 0 Å². The highest BCUT2D eigenvalue weighted by atomic mass is 19.1. The van der Waals surface area contributed by atoms with Gasteiger partial charge in [-0.2, -0.15) is 0 Å². The molecule has 0 spiro atoms. The lowest BCUT2D eigenvalue weighted by molar-refractivity contribution is -0.151. The summed E-state index contributed by atoms with van der Waals surface area (Å²) in [6, 6.07) is 12.5. The zero-order valence-electron chi connectivity index (χ0n) is 18.3. The standard InChI is InChI=1S/C26H32FN3O/c1-18(24-4-2-3-9-28-24)29-16-25(31)30(17-19-5-7-23(27)8-6-19)26-13-20-10-21(14-26)12-22(11-20)15-26/h2-9,18,20-22,29H,10-17H2,1H3. The van der Waals surface area contributed by atoms with Crippen LogP contribution in [0.2, 0.25) is 0 Å². The van der Waals surface area contributed by atoms with E-state index >= 15 is 0 Å². The second-order valence-corrected chi connectivity index (χ2v) is 10.1.